The Balaban J connectivity index is 3.17. The summed E-state index contributed by atoms with van der Waals surface area (Å²) in [6, 6.07) is 0. The molecule has 0 aliphatic heterocycles. The van der Waals surface area contributed by atoms with Gasteiger partial charge in [-0.05, 0) is 19.1 Å². The fourth-order valence-electron chi connectivity index (χ4n) is 1.66. The molecule has 0 unspecified atom stereocenters. The molecule has 0 aliphatic carbocycles. The van der Waals surface area contributed by atoms with Crippen LogP contribution in [-0.2, 0) is 0 Å². The third-order valence-corrected chi connectivity index (χ3v) is 2.51. The summed E-state index contributed by atoms with van der Waals surface area (Å²) in [5.74, 6) is 0. The van der Waals surface area contributed by atoms with E-state index in [9.17, 15) is 0 Å². The minimum Gasteiger partial charge on any atom is -0.306 e. The van der Waals surface area contributed by atoms with Crippen molar-refractivity contribution in [3.63, 3.8) is 0 Å². The van der Waals surface area contributed by atoms with Gasteiger partial charge in [-0.25, -0.2) is 4.98 Å². The van der Waals surface area contributed by atoms with Crippen molar-refractivity contribution in [2.24, 2.45) is 0 Å². The van der Waals surface area contributed by atoms with E-state index in [1.807, 2.05) is 54.1 Å². The highest BCUT2D eigenvalue weighted by atomic mass is 15.0. The summed E-state index contributed by atoms with van der Waals surface area (Å²) >= 11 is 0. The first kappa shape index (κ1) is 15.4. The van der Waals surface area contributed by atoms with E-state index in [0.717, 1.165) is 17.0 Å². The van der Waals surface area contributed by atoms with Crippen molar-refractivity contribution in [1.29, 1.82) is 0 Å². The normalized spacial score (nSPS) is 13.1. The molecule has 1 heterocycles. The van der Waals surface area contributed by atoms with Crippen molar-refractivity contribution < 1.29 is 0 Å². The number of hydrogen-bond donors (Lipinski definition) is 0. The van der Waals surface area contributed by atoms with E-state index in [0.29, 0.717) is 0 Å². The summed E-state index contributed by atoms with van der Waals surface area (Å²) in [4.78, 5) is 4.43. The van der Waals surface area contributed by atoms with E-state index < -0.39 is 0 Å². The number of nitrogens with zero attached hydrogens (tertiary/aromatic N) is 2. The van der Waals surface area contributed by atoms with Gasteiger partial charge in [0.1, 0.15) is 0 Å². The van der Waals surface area contributed by atoms with E-state index in [-0.39, 0.29) is 0 Å². The van der Waals surface area contributed by atoms with Gasteiger partial charge in [-0.1, -0.05) is 62.3 Å². The maximum absolute atomic E-state index is 4.43. The fourth-order valence-corrected chi connectivity index (χ4v) is 1.66. The molecule has 0 radical (unpaired) electrons. The van der Waals surface area contributed by atoms with Crippen molar-refractivity contribution in [2.75, 3.05) is 0 Å². The molecule has 0 saturated heterocycles. The number of rotatable bonds is 7. The summed E-state index contributed by atoms with van der Waals surface area (Å²) in [6.07, 6.45) is 20.6. The maximum atomic E-state index is 4.43. The molecule has 1 aromatic heterocycles. The number of imidazole rings is 1. The van der Waals surface area contributed by atoms with Crippen LogP contribution in [-0.4, -0.2) is 9.55 Å². The molecule has 0 N–H and O–H groups in total. The Morgan fingerprint density at radius 1 is 1.10 bits per heavy atom. The van der Waals surface area contributed by atoms with Crippen LogP contribution in [0.25, 0.3) is 11.3 Å². The van der Waals surface area contributed by atoms with Gasteiger partial charge in [-0.3, -0.25) is 0 Å². The molecule has 0 amide bonds. The maximum Gasteiger partial charge on any atom is 0.0999 e. The number of hydrogen-bond acceptors (Lipinski definition) is 1. The van der Waals surface area contributed by atoms with Crippen LogP contribution in [0.5, 0.6) is 0 Å². The van der Waals surface area contributed by atoms with Gasteiger partial charge in [0.2, 0.25) is 0 Å². The molecule has 1 rings (SSSR count). The van der Waals surface area contributed by atoms with Gasteiger partial charge >= 0.3 is 0 Å². The minimum absolute atomic E-state index is 0.877. The molecule has 0 aromatic carbocycles. The molecule has 1 aromatic rings. The average molecular weight is 264 g/mol. The third kappa shape index (κ3) is 4.25. The molecule has 0 atom stereocenters. The van der Waals surface area contributed by atoms with E-state index in [2.05, 4.69) is 24.7 Å². The van der Waals surface area contributed by atoms with E-state index in [1.165, 1.54) is 0 Å². The van der Waals surface area contributed by atoms with Crippen molar-refractivity contribution >= 4 is 11.3 Å². The minimum atomic E-state index is 0.877. The van der Waals surface area contributed by atoms with Gasteiger partial charge in [0.15, 0.2) is 0 Å². The van der Waals surface area contributed by atoms with Gasteiger partial charge < -0.3 is 4.57 Å². The van der Waals surface area contributed by atoms with Crippen LogP contribution in [0.2, 0.25) is 0 Å². The van der Waals surface area contributed by atoms with Crippen molar-refractivity contribution in [3.8, 4) is 0 Å². The lowest BCUT2D eigenvalue weighted by atomic mass is 10.1. The zero-order valence-corrected chi connectivity index (χ0v) is 11.9. The second-order valence-corrected chi connectivity index (χ2v) is 3.95. The number of allylic oxidation sites excluding steroid dienone is 11. The monoisotopic (exact) mass is 264 g/mol. The summed E-state index contributed by atoms with van der Waals surface area (Å²) in [7, 11) is 0. The van der Waals surface area contributed by atoms with Crippen molar-refractivity contribution in [2.45, 2.75) is 6.92 Å². The van der Waals surface area contributed by atoms with E-state index in [1.54, 1.807) is 24.6 Å². The highest BCUT2D eigenvalue weighted by Crippen LogP contribution is 2.17. The zero-order chi connectivity index (χ0) is 14.8. The molecule has 0 spiro atoms. The molecule has 0 fully saturated rings. The molecule has 2 heteroatoms. The summed E-state index contributed by atoms with van der Waals surface area (Å²) in [6.45, 7) is 13.1. The molecular weight excluding hydrogens is 244 g/mol. The number of aromatic nitrogens is 2. The summed E-state index contributed by atoms with van der Waals surface area (Å²) < 4.78 is 1.95. The van der Waals surface area contributed by atoms with Gasteiger partial charge in [0.25, 0.3) is 0 Å². The first-order valence-corrected chi connectivity index (χ1v) is 6.38. The van der Waals surface area contributed by atoms with Crippen LogP contribution in [0, 0.1) is 0 Å². The van der Waals surface area contributed by atoms with Gasteiger partial charge in [0, 0.05) is 17.5 Å². The predicted molar refractivity (Wildman–Crippen MR) is 89.0 cm³/mol. The van der Waals surface area contributed by atoms with Crippen LogP contribution in [0.15, 0.2) is 86.9 Å². The molecule has 2 nitrogen and oxygen atoms in total. The molecule has 102 valence electrons. The smallest absolute Gasteiger partial charge is 0.0999 e. The standard InChI is InChI=1S/C18H20N2/c1-5-9-13-16(10-6-2)18-14-20(15-19-18)17(11-7-3)12-8-4/h5-15H,1-3H2,4H3/b12-8-,13-9-,16-10+,17-11+. The average Bonchev–Trinajstić information content (AvgIpc) is 2.93. The molecule has 0 saturated carbocycles. The zero-order valence-electron chi connectivity index (χ0n) is 11.9. The Hall–Kier alpha value is -2.61. The van der Waals surface area contributed by atoms with E-state index >= 15 is 0 Å². The fraction of sp³-hybridized carbons (Fsp3) is 0.0556. The van der Waals surface area contributed by atoms with Gasteiger partial charge in [-0.2, -0.15) is 0 Å². The highest BCUT2D eigenvalue weighted by molar-refractivity contribution is 5.73. The van der Waals surface area contributed by atoms with Crippen LogP contribution in [0.4, 0.5) is 0 Å². The summed E-state index contributed by atoms with van der Waals surface area (Å²) in [5.41, 5.74) is 2.87. The Labute approximate surface area is 121 Å². The van der Waals surface area contributed by atoms with Crippen LogP contribution in [0.1, 0.15) is 12.6 Å². The van der Waals surface area contributed by atoms with Gasteiger partial charge in [-0.15, -0.1) is 0 Å². The highest BCUT2D eigenvalue weighted by Gasteiger charge is 2.03. The second-order valence-electron chi connectivity index (χ2n) is 3.95. The van der Waals surface area contributed by atoms with Crippen molar-refractivity contribution in [3.05, 3.63) is 92.6 Å². The Kier molecular flexibility index (Phi) is 6.55. The Morgan fingerprint density at radius 2 is 1.85 bits per heavy atom. The van der Waals surface area contributed by atoms with Crippen LogP contribution in [0.3, 0.4) is 0 Å². The third-order valence-electron chi connectivity index (χ3n) is 2.51. The van der Waals surface area contributed by atoms with E-state index in [4.69, 9.17) is 0 Å². The van der Waals surface area contributed by atoms with Crippen LogP contribution >= 0.6 is 0 Å². The molecule has 0 aliphatic rings. The second kappa shape index (κ2) is 8.48. The summed E-state index contributed by atoms with van der Waals surface area (Å²) in [5, 5.41) is 0. The Morgan fingerprint density at radius 3 is 2.45 bits per heavy atom. The predicted octanol–water partition coefficient (Wildman–Crippen LogP) is 4.80. The van der Waals surface area contributed by atoms with Crippen molar-refractivity contribution in [1.82, 2.24) is 9.55 Å². The largest absolute Gasteiger partial charge is 0.306 e. The first-order chi connectivity index (χ1) is 9.76. The quantitative estimate of drug-likeness (QED) is 0.647. The topological polar surface area (TPSA) is 17.8 Å². The molecule has 20 heavy (non-hydrogen) atoms. The first-order valence-electron chi connectivity index (χ1n) is 6.38. The lowest BCUT2D eigenvalue weighted by Crippen LogP contribution is -1.89. The van der Waals surface area contributed by atoms with Gasteiger partial charge in [0.05, 0.1) is 12.0 Å². The molecular formula is C18H20N2. The lowest BCUT2D eigenvalue weighted by molar-refractivity contribution is 1.10. The SMILES string of the molecule is C=C/C=C\C(=C/C=C)c1cn(C(/C=C\C)=C/C=C)cn1. The Bertz CT molecular complexity index is 593. The van der Waals surface area contributed by atoms with Crippen LogP contribution < -0.4 is 0 Å². The molecule has 0 bridgehead atoms. The lowest BCUT2D eigenvalue weighted by Gasteiger charge is -2.01.